The fourth-order valence-corrected chi connectivity index (χ4v) is 2.89. The Bertz CT molecular complexity index is 623. The molecule has 2 aromatic rings. The second-order valence-electron chi connectivity index (χ2n) is 4.65. The van der Waals surface area contributed by atoms with Crippen molar-refractivity contribution in [2.24, 2.45) is 0 Å². The van der Waals surface area contributed by atoms with Crippen LogP contribution < -0.4 is 5.32 Å². The Morgan fingerprint density at radius 2 is 2.19 bits per heavy atom. The van der Waals surface area contributed by atoms with Gasteiger partial charge in [0, 0.05) is 6.54 Å². The van der Waals surface area contributed by atoms with E-state index in [-0.39, 0.29) is 6.10 Å². The molecule has 0 spiro atoms. The highest BCUT2D eigenvalue weighted by Gasteiger charge is 2.30. The minimum absolute atomic E-state index is 0.0588. The van der Waals surface area contributed by atoms with Crippen molar-refractivity contribution in [1.29, 1.82) is 0 Å². The van der Waals surface area contributed by atoms with Gasteiger partial charge in [-0.05, 0) is 18.2 Å². The summed E-state index contributed by atoms with van der Waals surface area (Å²) in [6.45, 7) is 2.18. The molecule has 1 N–H and O–H groups in total. The Kier molecular flexibility index (Phi) is 4.01. The topological polar surface area (TPSA) is 43.4 Å². The lowest BCUT2D eigenvalue weighted by Crippen LogP contribution is -2.34. The Morgan fingerprint density at radius 1 is 1.33 bits per heavy atom. The van der Waals surface area contributed by atoms with E-state index in [1.807, 2.05) is 0 Å². The third-order valence-electron chi connectivity index (χ3n) is 3.08. The molecule has 114 valence electrons. The van der Waals surface area contributed by atoms with E-state index in [0.717, 1.165) is 12.1 Å². The SMILES string of the molecule is FC(F)(F)c1ccc2sc(NCC3COCCO3)nc2c1. The van der Waals surface area contributed by atoms with Crippen LogP contribution in [0.2, 0.25) is 0 Å². The van der Waals surface area contributed by atoms with Gasteiger partial charge in [-0.3, -0.25) is 0 Å². The maximum Gasteiger partial charge on any atom is 0.416 e. The number of fused-ring (bicyclic) bond motifs is 1. The molecule has 3 rings (SSSR count). The van der Waals surface area contributed by atoms with Crippen LogP contribution in [0.25, 0.3) is 10.2 Å². The standard InChI is InChI=1S/C13H13F3N2O2S/c14-13(15,16)8-1-2-11-10(5-8)18-12(21-11)17-6-9-7-19-3-4-20-9/h1-2,5,9H,3-4,6-7H2,(H,17,18). The summed E-state index contributed by atoms with van der Waals surface area (Å²) in [6, 6.07) is 3.58. The highest BCUT2D eigenvalue weighted by atomic mass is 32.1. The molecule has 4 nitrogen and oxygen atoms in total. The first-order chi connectivity index (χ1) is 10.0. The largest absolute Gasteiger partial charge is 0.416 e. The highest BCUT2D eigenvalue weighted by molar-refractivity contribution is 7.22. The van der Waals surface area contributed by atoms with Gasteiger partial charge in [-0.25, -0.2) is 4.98 Å². The van der Waals surface area contributed by atoms with E-state index in [2.05, 4.69) is 10.3 Å². The Balaban J connectivity index is 1.71. The van der Waals surface area contributed by atoms with Gasteiger partial charge in [0.05, 0.1) is 41.7 Å². The van der Waals surface area contributed by atoms with Gasteiger partial charge in [-0.15, -0.1) is 0 Å². The van der Waals surface area contributed by atoms with Crippen LogP contribution in [0.5, 0.6) is 0 Å². The van der Waals surface area contributed by atoms with Crippen LogP contribution in [0, 0.1) is 0 Å². The monoisotopic (exact) mass is 318 g/mol. The number of thiazole rings is 1. The number of benzene rings is 1. The molecule has 0 amide bonds. The molecule has 0 saturated carbocycles. The quantitative estimate of drug-likeness (QED) is 0.944. The van der Waals surface area contributed by atoms with Crippen molar-refractivity contribution in [1.82, 2.24) is 4.98 Å². The molecule has 1 aromatic heterocycles. The molecular weight excluding hydrogens is 305 g/mol. The smallest absolute Gasteiger partial charge is 0.376 e. The third-order valence-corrected chi connectivity index (χ3v) is 4.07. The van der Waals surface area contributed by atoms with Crippen LogP contribution >= 0.6 is 11.3 Å². The Labute approximate surface area is 122 Å². The zero-order valence-electron chi connectivity index (χ0n) is 10.9. The molecule has 21 heavy (non-hydrogen) atoms. The van der Waals surface area contributed by atoms with Crippen LogP contribution in [-0.4, -0.2) is 37.5 Å². The summed E-state index contributed by atoms with van der Waals surface area (Å²) >= 11 is 1.32. The summed E-state index contributed by atoms with van der Waals surface area (Å²) in [5.41, 5.74) is -0.339. The molecule has 1 aliphatic rings. The summed E-state index contributed by atoms with van der Waals surface area (Å²) < 4.78 is 49.4. The van der Waals surface area contributed by atoms with Crippen LogP contribution in [0.3, 0.4) is 0 Å². The number of rotatable bonds is 3. The van der Waals surface area contributed by atoms with E-state index in [1.54, 1.807) is 0 Å². The normalized spacial score (nSPS) is 19.9. The van der Waals surface area contributed by atoms with Gasteiger partial charge in [-0.2, -0.15) is 13.2 Å². The molecule has 1 fully saturated rings. The molecule has 0 aliphatic carbocycles. The highest BCUT2D eigenvalue weighted by Crippen LogP contribution is 2.33. The van der Waals surface area contributed by atoms with Gasteiger partial charge in [0.25, 0.3) is 0 Å². The molecular formula is C13H13F3N2O2S. The fourth-order valence-electron chi connectivity index (χ4n) is 2.03. The van der Waals surface area contributed by atoms with Crippen molar-refractivity contribution in [2.75, 3.05) is 31.7 Å². The summed E-state index contributed by atoms with van der Waals surface area (Å²) in [5.74, 6) is 0. The van der Waals surface area contributed by atoms with Crippen molar-refractivity contribution < 1.29 is 22.6 Å². The molecule has 8 heteroatoms. The zero-order chi connectivity index (χ0) is 14.9. The number of alkyl halides is 3. The number of nitrogens with zero attached hydrogens (tertiary/aromatic N) is 1. The molecule has 0 bridgehead atoms. The van der Waals surface area contributed by atoms with E-state index in [1.165, 1.54) is 17.4 Å². The molecule has 2 heterocycles. The number of hydrogen-bond donors (Lipinski definition) is 1. The summed E-state index contributed by atoms with van der Waals surface area (Å²) in [4.78, 5) is 4.18. The van der Waals surface area contributed by atoms with E-state index >= 15 is 0 Å². The van der Waals surface area contributed by atoms with E-state index in [4.69, 9.17) is 9.47 Å². The minimum Gasteiger partial charge on any atom is -0.376 e. The van der Waals surface area contributed by atoms with E-state index < -0.39 is 11.7 Å². The van der Waals surface area contributed by atoms with Crippen molar-refractivity contribution in [3.05, 3.63) is 23.8 Å². The fraction of sp³-hybridized carbons (Fsp3) is 0.462. The van der Waals surface area contributed by atoms with Crippen molar-refractivity contribution in [2.45, 2.75) is 12.3 Å². The molecule has 1 aromatic carbocycles. The van der Waals surface area contributed by atoms with Crippen molar-refractivity contribution >= 4 is 26.7 Å². The van der Waals surface area contributed by atoms with Crippen molar-refractivity contribution in [3.8, 4) is 0 Å². The lowest BCUT2D eigenvalue weighted by Gasteiger charge is -2.22. The number of ether oxygens (including phenoxy) is 2. The van der Waals surface area contributed by atoms with Gasteiger partial charge < -0.3 is 14.8 Å². The molecule has 1 saturated heterocycles. The molecule has 1 atom stereocenters. The third kappa shape index (κ3) is 3.45. The summed E-state index contributed by atoms with van der Waals surface area (Å²) in [5, 5.41) is 3.67. The number of hydrogen-bond acceptors (Lipinski definition) is 5. The second kappa shape index (κ2) is 5.78. The van der Waals surface area contributed by atoms with Gasteiger partial charge >= 0.3 is 6.18 Å². The second-order valence-corrected chi connectivity index (χ2v) is 5.68. The first-order valence-electron chi connectivity index (χ1n) is 6.43. The van der Waals surface area contributed by atoms with Crippen molar-refractivity contribution in [3.63, 3.8) is 0 Å². The van der Waals surface area contributed by atoms with Crippen LogP contribution in [0.4, 0.5) is 18.3 Å². The summed E-state index contributed by atoms with van der Waals surface area (Å²) in [6.07, 6.45) is -4.41. The summed E-state index contributed by atoms with van der Waals surface area (Å²) in [7, 11) is 0. The molecule has 1 aliphatic heterocycles. The Hall–Kier alpha value is -1.38. The first kappa shape index (κ1) is 14.6. The van der Waals surface area contributed by atoms with E-state index in [9.17, 15) is 13.2 Å². The van der Waals surface area contributed by atoms with Gasteiger partial charge in [0.2, 0.25) is 0 Å². The van der Waals surface area contributed by atoms with Gasteiger partial charge in [-0.1, -0.05) is 11.3 Å². The minimum atomic E-state index is -4.35. The Morgan fingerprint density at radius 3 is 2.90 bits per heavy atom. The molecule has 0 radical (unpaired) electrons. The number of halogens is 3. The van der Waals surface area contributed by atoms with Crippen LogP contribution in [0.1, 0.15) is 5.56 Å². The maximum absolute atomic E-state index is 12.6. The number of aromatic nitrogens is 1. The number of nitrogens with one attached hydrogen (secondary N) is 1. The lowest BCUT2D eigenvalue weighted by atomic mass is 10.2. The van der Waals surface area contributed by atoms with Crippen LogP contribution in [0.15, 0.2) is 18.2 Å². The first-order valence-corrected chi connectivity index (χ1v) is 7.25. The van der Waals surface area contributed by atoms with E-state index in [0.29, 0.717) is 41.7 Å². The lowest BCUT2D eigenvalue weighted by molar-refractivity contribution is -0.137. The maximum atomic E-state index is 12.6. The predicted molar refractivity (Wildman–Crippen MR) is 73.7 cm³/mol. The van der Waals surface area contributed by atoms with Gasteiger partial charge in [0.1, 0.15) is 0 Å². The van der Waals surface area contributed by atoms with Gasteiger partial charge in [0.15, 0.2) is 5.13 Å². The number of anilines is 1. The van der Waals surface area contributed by atoms with Crippen LogP contribution in [-0.2, 0) is 15.7 Å². The average molecular weight is 318 g/mol. The predicted octanol–water partition coefficient (Wildman–Crippen LogP) is 3.14. The zero-order valence-corrected chi connectivity index (χ0v) is 11.8. The average Bonchev–Trinajstić information content (AvgIpc) is 2.87. The molecule has 1 unspecified atom stereocenters.